The highest BCUT2D eigenvalue weighted by Crippen LogP contribution is 2.40. The fraction of sp³-hybridized carbons (Fsp3) is 0. The first kappa shape index (κ1) is 15.4. The Labute approximate surface area is 126 Å². The summed E-state index contributed by atoms with van der Waals surface area (Å²) in [5.41, 5.74) is -0.462. The molecule has 22 heavy (non-hydrogen) atoms. The van der Waals surface area contributed by atoms with Gasteiger partial charge in [-0.25, -0.2) is 0 Å². The van der Waals surface area contributed by atoms with Gasteiger partial charge in [0, 0.05) is 0 Å². The summed E-state index contributed by atoms with van der Waals surface area (Å²) in [5.74, 6) is -5.45. The summed E-state index contributed by atoms with van der Waals surface area (Å²) < 4.78 is 0. The van der Waals surface area contributed by atoms with Crippen LogP contribution in [0.4, 0.5) is 0 Å². The van der Waals surface area contributed by atoms with Crippen LogP contribution in [0.15, 0.2) is 12.1 Å². The second-order valence-corrected chi connectivity index (χ2v) is 4.90. The zero-order chi connectivity index (χ0) is 16.8. The van der Waals surface area contributed by atoms with Gasteiger partial charge in [-0.3, -0.25) is 4.79 Å². The Morgan fingerprint density at radius 2 is 0.955 bits per heavy atom. The van der Waals surface area contributed by atoms with E-state index in [0.717, 1.165) is 12.1 Å². The number of ketones is 1. The lowest BCUT2D eigenvalue weighted by Crippen LogP contribution is -2.13. The molecule has 0 aliphatic carbocycles. The lowest BCUT2D eigenvalue weighted by Gasteiger charge is -2.12. The molecule has 2 aromatic rings. The van der Waals surface area contributed by atoms with Crippen molar-refractivity contribution in [1.29, 1.82) is 0 Å². The van der Waals surface area contributed by atoms with Gasteiger partial charge < -0.3 is 30.6 Å². The summed E-state index contributed by atoms with van der Waals surface area (Å²) in [6.45, 7) is 0. The maximum Gasteiger partial charge on any atom is 0.200 e. The predicted molar refractivity (Wildman–Crippen MR) is 82.7 cm³/mol. The topological polar surface area (TPSA) is 138 Å². The smallest absolute Gasteiger partial charge is 0.200 e. The molecule has 0 heterocycles. The van der Waals surface area contributed by atoms with Gasteiger partial charge in [0.2, 0.25) is 5.78 Å². The molecular formula is C13H12B2O7. The molecule has 0 saturated heterocycles. The molecule has 0 radical (unpaired) electrons. The Bertz CT molecular complexity index is 736. The minimum Gasteiger partial charge on any atom is -0.505 e. The van der Waals surface area contributed by atoms with Gasteiger partial charge in [-0.15, -0.1) is 0 Å². The Kier molecular flexibility index (Phi) is 3.58. The Morgan fingerprint density at radius 3 is 1.27 bits per heavy atom. The first-order valence-electron chi connectivity index (χ1n) is 6.20. The fourth-order valence-electron chi connectivity index (χ4n) is 2.05. The van der Waals surface area contributed by atoms with Crippen LogP contribution in [0, 0.1) is 0 Å². The van der Waals surface area contributed by atoms with Crippen LogP contribution in [0.25, 0.3) is 0 Å². The van der Waals surface area contributed by atoms with Gasteiger partial charge in [0.15, 0.2) is 34.5 Å². The maximum absolute atomic E-state index is 12.4. The fourth-order valence-corrected chi connectivity index (χ4v) is 2.05. The Morgan fingerprint density at radius 1 is 0.636 bits per heavy atom. The van der Waals surface area contributed by atoms with Crippen molar-refractivity contribution in [2.45, 2.75) is 0 Å². The summed E-state index contributed by atoms with van der Waals surface area (Å²) in [7, 11) is 2.81. The molecule has 9 heteroatoms. The van der Waals surface area contributed by atoms with Crippen LogP contribution in [0.5, 0.6) is 34.5 Å². The van der Waals surface area contributed by atoms with E-state index in [0.29, 0.717) is 0 Å². The quantitative estimate of drug-likeness (QED) is 0.208. The van der Waals surface area contributed by atoms with Crippen LogP contribution in [-0.2, 0) is 0 Å². The van der Waals surface area contributed by atoms with E-state index in [2.05, 4.69) is 0 Å². The molecule has 0 bridgehead atoms. The van der Waals surface area contributed by atoms with Gasteiger partial charge >= 0.3 is 0 Å². The monoisotopic (exact) mass is 302 g/mol. The average molecular weight is 302 g/mol. The first-order valence-corrected chi connectivity index (χ1v) is 6.20. The van der Waals surface area contributed by atoms with Gasteiger partial charge in [0.25, 0.3) is 0 Å². The maximum atomic E-state index is 12.4. The molecule has 0 aliphatic heterocycles. The molecule has 0 fully saturated rings. The molecule has 2 aromatic carbocycles. The van der Waals surface area contributed by atoms with Crippen molar-refractivity contribution in [2.75, 3.05) is 0 Å². The third-order valence-corrected chi connectivity index (χ3v) is 3.37. The largest absolute Gasteiger partial charge is 0.505 e. The number of carbonyl (C=O) groups is 1. The molecule has 0 aliphatic rings. The number of benzene rings is 2. The number of hydrogen-bond donors (Lipinski definition) is 6. The number of phenolic OH excluding ortho intramolecular Hbond substituents is 6. The summed E-state index contributed by atoms with van der Waals surface area (Å²) in [5, 5.41) is 57.8. The Hall–Kier alpha value is -2.96. The van der Waals surface area contributed by atoms with Gasteiger partial charge in [0.05, 0.1) is 11.1 Å². The van der Waals surface area contributed by atoms with Crippen LogP contribution in [0.1, 0.15) is 15.9 Å². The summed E-state index contributed by atoms with van der Waals surface area (Å²) in [6.07, 6.45) is 0. The molecule has 0 aromatic heterocycles. The first-order chi connectivity index (χ1) is 10.2. The van der Waals surface area contributed by atoms with Crippen LogP contribution in [0.3, 0.4) is 0 Å². The van der Waals surface area contributed by atoms with Crippen LogP contribution in [0.2, 0.25) is 0 Å². The second kappa shape index (κ2) is 5.10. The molecule has 112 valence electrons. The SMILES string of the molecule is Bc1cc(C(=O)c2cc(B)c(O)c(O)c2O)c(O)c(O)c1O. The van der Waals surface area contributed by atoms with E-state index >= 15 is 0 Å². The highest BCUT2D eigenvalue weighted by atomic mass is 16.3. The normalized spacial score (nSPS) is 10.5. The van der Waals surface area contributed by atoms with E-state index in [1.807, 2.05) is 0 Å². The molecular weight excluding hydrogens is 290 g/mol. The molecule has 0 atom stereocenters. The lowest BCUT2D eigenvalue weighted by molar-refractivity contribution is 0.103. The van der Waals surface area contributed by atoms with Gasteiger partial charge in [-0.1, -0.05) is 0 Å². The lowest BCUT2D eigenvalue weighted by atomic mass is 9.87. The number of aromatic hydroxyl groups is 6. The van der Waals surface area contributed by atoms with Crippen molar-refractivity contribution in [3.05, 3.63) is 23.3 Å². The molecule has 0 unspecified atom stereocenters. The summed E-state index contributed by atoms with van der Waals surface area (Å²) in [4.78, 5) is 12.4. The van der Waals surface area contributed by atoms with Crippen molar-refractivity contribution in [1.82, 2.24) is 0 Å². The van der Waals surface area contributed by atoms with Gasteiger partial charge in [0.1, 0.15) is 15.7 Å². The average Bonchev–Trinajstić information content (AvgIpc) is 2.49. The predicted octanol–water partition coefficient (Wildman–Crippen LogP) is -2.33. The van der Waals surface area contributed by atoms with Crippen LogP contribution >= 0.6 is 0 Å². The van der Waals surface area contributed by atoms with Crippen molar-refractivity contribution < 1.29 is 35.4 Å². The Balaban J connectivity index is 2.69. The number of rotatable bonds is 2. The molecule has 0 spiro atoms. The van der Waals surface area contributed by atoms with E-state index in [9.17, 15) is 35.4 Å². The van der Waals surface area contributed by atoms with E-state index in [4.69, 9.17) is 0 Å². The second-order valence-electron chi connectivity index (χ2n) is 4.90. The van der Waals surface area contributed by atoms with Crippen molar-refractivity contribution in [2.24, 2.45) is 0 Å². The van der Waals surface area contributed by atoms with Crippen LogP contribution < -0.4 is 10.9 Å². The standard InChI is InChI=1S/C13H12B2O7/c14-5-1-3(8(17)12(21)10(5)19)7(16)4-2-6(15)11(20)13(22)9(4)18/h1-2,17-22H,14-15H2. The highest BCUT2D eigenvalue weighted by molar-refractivity contribution is 6.36. The molecule has 6 N–H and O–H groups in total. The van der Waals surface area contributed by atoms with E-state index in [-0.39, 0.29) is 22.1 Å². The summed E-state index contributed by atoms with van der Waals surface area (Å²) in [6, 6.07) is 2.26. The van der Waals surface area contributed by atoms with E-state index in [1.165, 1.54) is 15.7 Å². The van der Waals surface area contributed by atoms with E-state index < -0.39 is 40.3 Å². The minimum absolute atomic E-state index is 0.137. The number of hydrogen-bond acceptors (Lipinski definition) is 7. The van der Waals surface area contributed by atoms with E-state index in [1.54, 1.807) is 0 Å². The highest BCUT2D eigenvalue weighted by Gasteiger charge is 2.25. The van der Waals surface area contributed by atoms with Gasteiger partial charge in [-0.05, 0) is 23.1 Å². The zero-order valence-corrected chi connectivity index (χ0v) is 11.7. The van der Waals surface area contributed by atoms with Crippen molar-refractivity contribution in [3.8, 4) is 34.5 Å². The number of carbonyl (C=O) groups excluding carboxylic acids is 1. The van der Waals surface area contributed by atoms with Gasteiger partial charge in [-0.2, -0.15) is 0 Å². The zero-order valence-electron chi connectivity index (χ0n) is 11.7. The third kappa shape index (κ3) is 2.16. The number of phenols is 6. The molecule has 0 saturated carbocycles. The molecule has 2 rings (SSSR count). The minimum atomic E-state index is -0.896. The molecule has 0 amide bonds. The molecule has 7 nitrogen and oxygen atoms in total. The van der Waals surface area contributed by atoms with Crippen molar-refractivity contribution >= 4 is 32.4 Å². The third-order valence-electron chi connectivity index (χ3n) is 3.37. The summed E-state index contributed by atoms with van der Waals surface area (Å²) >= 11 is 0. The van der Waals surface area contributed by atoms with Crippen molar-refractivity contribution in [3.63, 3.8) is 0 Å². The van der Waals surface area contributed by atoms with Crippen LogP contribution in [-0.4, -0.2) is 52.1 Å².